The quantitative estimate of drug-likeness (QED) is 0.0549. The topological polar surface area (TPSA) is 183 Å². The maximum atomic E-state index is 12.5. The first-order valence-electron chi connectivity index (χ1n) is 17.5. The number of nitrogens with one attached hydrogen (secondary N) is 1. The lowest BCUT2D eigenvalue weighted by Gasteiger charge is -2.21. The van der Waals surface area contributed by atoms with Gasteiger partial charge in [-0.25, -0.2) is 14.3 Å². The number of rotatable bonds is 9. The number of fused-ring (bicyclic) bond motifs is 4. The molecule has 62 heavy (non-hydrogen) atoms. The fraction of sp³-hybridized carbons (Fsp3) is 0.220. The van der Waals surface area contributed by atoms with E-state index in [9.17, 15) is 19.5 Å². The third kappa shape index (κ3) is 12.0. The number of aliphatic hydroxyl groups excluding tert-OH is 1. The number of nitrogens with two attached hydrogens (primary N) is 1. The molecule has 1 aromatic heterocycles. The summed E-state index contributed by atoms with van der Waals surface area (Å²) in [6.07, 6.45) is 0. The number of aliphatic hydroxyl groups is 1. The highest BCUT2D eigenvalue weighted by Gasteiger charge is 2.33. The molecule has 0 saturated heterocycles. The minimum Gasteiger partial charge on any atom is -0.507 e. The predicted octanol–water partition coefficient (Wildman–Crippen LogP) is 11.3. The van der Waals surface area contributed by atoms with Gasteiger partial charge in [0.1, 0.15) is 42.0 Å². The van der Waals surface area contributed by atoms with Crippen LogP contribution in [-0.4, -0.2) is 66.6 Å². The van der Waals surface area contributed by atoms with E-state index in [1.54, 1.807) is 80.2 Å². The van der Waals surface area contributed by atoms with E-state index in [2.05, 4.69) is 47.1 Å². The van der Waals surface area contributed by atoms with E-state index >= 15 is 0 Å². The molecule has 4 N–H and O–H groups in total. The Balaban J connectivity index is 0.000000272. The number of nitrogen functional groups attached to an aromatic ring is 1. The normalized spacial score (nSPS) is 11.7. The molecule has 0 atom stereocenters. The molecule has 0 spiro atoms. The van der Waals surface area contributed by atoms with Crippen molar-refractivity contribution in [3.8, 4) is 39.9 Å². The smallest absolute Gasteiger partial charge is 0.379 e. The van der Waals surface area contributed by atoms with Gasteiger partial charge >= 0.3 is 11.9 Å². The second-order valence-electron chi connectivity index (χ2n) is 12.2. The van der Waals surface area contributed by atoms with Crippen LogP contribution in [0.5, 0.6) is 23.0 Å². The van der Waals surface area contributed by atoms with Crippen LogP contribution >= 0.6 is 90.7 Å². The second kappa shape index (κ2) is 23.3. The molecule has 0 amide bonds. The monoisotopic (exact) mass is 1080 g/mol. The summed E-state index contributed by atoms with van der Waals surface area (Å²) in [4.78, 5) is 35.9. The van der Waals surface area contributed by atoms with Crippen LogP contribution in [-0.2, 0) is 25.7 Å². The number of ketones is 1. The molecule has 4 aromatic carbocycles. The van der Waals surface area contributed by atoms with Crippen molar-refractivity contribution in [3.63, 3.8) is 0 Å². The van der Waals surface area contributed by atoms with Crippen molar-refractivity contribution in [1.29, 1.82) is 0 Å². The number of hydrazine groups is 1. The summed E-state index contributed by atoms with van der Waals surface area (Å²) in [7, 11) is 3.08. The zero-order valence-electron chi connectivity index (χ0n) is 32.4. The van der Waals surface area contributed by atoms with Gasteiger partial charge in [-0.05, 0) is 94.2 Å². The van der Waals surface area contributed by atoms with Gasteiger partial charge in [-0.1, -0.05) is 53.8 Å². The molecule has 3 heterocycles. The number of esters is 2. The number of anilines is 1. The molecular formula is C41H39Br2Cl5N4O10. The van der Waals surface area contributed by atoms with Gasteiger partial charge in [0.15, 0.2) is 5.69 Å². The van der Waals surface area contributed by atoms with E-state index in [-0.39, 0.29) is 63.3 Å². The average Bonchev–Trinajstić information content (AvgIpc) is 3.61. The molecule has 7 rings (SSSR count). The lowest BCUT2D eigenvalue weighted by atomic mass is 10.0. The molecule has 0 aliphatic carbocycles. The Bertz CT molecular complexity index is 2460. The molecule has 2 aliphatic rings. The number of ether oxygens (including phenoxy) is 6. The van der Waals surface area contributed by atoms with Gasteiger partial charge in [0.2, 0.25) is 0 Å². The number of hydrogen-bond donors (Lipinski definition) is 3. The largest absolute Gasteiger partial charge is 0.507 e. The number of carbonyl (C=O) groups is 3. The van der Waals surface area contributed by atoms with E-state index in [0.29, 0.717) is 75.8 Å². The number of aromatic nitrogens is 2. The van der Waals surface area contributed by atoms with Gasteiger partial charge in [-0.15, -0.1) is 12.4 Å². The lowest BCUT2D eigenvalue weighted by molar-refractivity contribution is -0.152. The van der Waals surface area contributed by atoms with Crippen molar-refractivity contribution in [1.82, 2.24) is 9.78 Å². The summed E-state index contributed by atoms with van der Waals surface area (Å²) in [5.74, 6) is 4.53. The van der Waals surface area contributed by atoms with E-state index in [0.717, 1.165) is 10.0 Å². The summed E-state index contributed by atoms with van der Waals surface area (Å²) in [6, 6.07) is 16.9. The van der Waals surface area contributed by atoms with Crippen LogP contribution in [0.4, 0.5) is 5.69 Å². The first kappa shape index (κ1) is 52.0. The molecule has 0 fully saturated rings. The highest BCUT2D eigenvalue weighted by atomic mass is 79.9. The van der Waals surface area contributed by atoms with Crippen LogP contribution in [0.15, 0.2) is 75.2 Å². The number of methoxy groups -OCH3 is 2. The Hall–Kier alpha value is -4.39. The Morgan fingerprint density at radius 2 is 1.29 bits per heavy atom. The fourth-order valence-corrected chi connectivity index (χ4v) is 7.78. The molecule has 5 aromatic rings. The second-order valence-corrected chi connectivity index (χ2v) is 15.6. The third-order valence-electron chi connectivity index (χ3n) is 8.36. The number of nitrogens with zero attached hydrogens (tertiary/aromatic N) is 2. The number of halogens is 7. The van der Waals surface area contributed by atoms with Gasteiger partial charge in [0.05, 0.1) is 70.1 Å². The van der Waals surface area contributed by atoms with Crippen molar-refractivity contribution < 1.29 is 47.9 Å². The summed E-state index contributed by atoms with van der Waals surface area (Å²) >= 11 is 30.5. The van der Waals surface area contributed by atoms with E-state index in [1.807, 2.05) is 6.07 Å². The number of hydrogen-bond acceptors (Lipinski definition) is 13. The van der Waals surface area contributed by atoms with Crippen LogP contribution < -0.4 is 30.2 Å². The zero-order valence-corrected chi connectivity index (χ0v) is 39.4. The Morgan fingerprint density at radius 3 is 1.81 bits per heavy atom. The van der Waals surface area contributed by atoms with E-state index in [4.69, 9.17) is 75.9 Å². The predicted molar refractivity (Wildman–Crippen MR) is 249 cm³/mol. The SMILES string of the molecule is C.CCOC(=O)C(=O)C1=C(O)c2cc(Br)c(OC)cc2OC1.CCOC(=O)c1nn(-c2cc(Cl)cc(Cl)c2)c2c1COc1cc(OC)c(Br)cc1-2.Cl.NNc1cc(Cl)cc(Cl)c1. The first-order chi connectivity index (χ1) is 28.6. The summed E-state index contributed by atoms with van der Waals surface area (Å²) in [5, 5.41) is 16.8. The zero-order chi connectivity index (χ0) is 43.8. The summed E-state index contributed by atoms with van der Waals surface area (Å²) < 4.78 is 34.6. The van der Waals surface area contributed by atoms with Crippen LogP contribution in [0.3, 0.4) is 0 Å². The van der Waals surface area contributed by atoms with Crippen LogP contribution in [0.25, 0.3) is 22.7 Å². The van der Waals surface area contributed by atoms with E-state index in [1.165, 1.54) is 7.11 Å². The Labute approximate surface area is 400 Å². The number of Topliss-reactive ketones (excluding diaryl/α,β-unsaturated/α-hetero) is 1. The standard InChI is InChI=1S/C20H15BrCl2N2O4.C14H13BrO6.C6H6Cl2N2.CH4.ClH/c1-3-28-20(26)18-14-9-29-16-8-17(27-2)15(21)7-13(16)19(14)25(24-18)12-5-10(22)4-11(23)6-12;1-3-20-14(18)13(17)8-6-21-10-5-11(19-2)9(15)4-7(10)12(8)16;7-4-1-5(8)3-6(2-4)10-9;;/h4-8H,3,9H2,1-2H3;4-5,16H,3,6H2,1-2H3;1-3,10H,9H2;1H4;1H. The lowest BCUT2D eigenvalue weighted by Crippen LogP contribution is -2.26. The van der Waals surface area contributed by atoms with Gasteiger partial charge in [0.25, 0.3) is 5.78 Å². The third-order valence-corrected chi connectivity index (χ3v) is 10.5. The van der Waals surface area contributed by atoms with Crippen molar-refractivity contribution >= 4 is 120 Å². The molecule has 0 saturated carbocycles. The van der Waals surface area contributed by atoms with Gasteiger partial charge < -0.3 is 39.0 Å². The molecule has 332 valence electrons. The highest BCUT2D eigenvalue weighted by molar-refractivity contribution is 9.11. The molecule has 2 aliphatic heterocycles. The van der Waals surface area contributed by atoms with Crippen molar-refractivity contribution in [3.05, 3.63) is 112 Å². The maximum Gasteiger partial charge on any atom is 0.379 e. The average molecular weight is 1080 g/mol. The molecule has 0 bridgehead atoms. The first-order valence-corrected chi connectivity index (χ1v) is 20.6. The molecular weight excluding hydrogens is 1050 g/mol. The fourth-order valence-electron chi connectivity index (χ4n) is 5.73. The maximum absolute atomic E-state index is 12.5. The van der Waals surface area contributed by atoms with Crippen LogP contribution in [0.1, 0.15) is 42.9 Å². The number of carbonyl (C=O) groups excluding carboxylic acids is 3. The van der Waals surface area contributed by atoms with Gasteiger partial charge in [-0.3, -0.25) is 10.6 Å². The van der Waals surface area contributed by atoms with Gasteiger partial charge in [-0.2, -0.15) is 5.10 Å². The van der Waals surface area contributed by atoms with Crippen LogP contribution in [0.2, 0.25) is 20.1 Å². The summed E-state index contributed by atoms with van der Waals surface area (Å²) in [6.45, 7) is 3.61. The van der Waals surface area contributed by atoms with E-state index < -0.39 is 17.7 Å². The highest BCUT2D eigenvalue weighted by Crippen LogP contribution is 2.45. The minimum atomic E-state index is -1.02. The van der Waals surface area contributed by atoms with Gasteiger partial charge in [0, 0.05) is 37.8 Å². The summed E-state index contributed by atoms with van der Waals surface area (Å²) in [5.41, 5.74) is 6.22. The Kier molecular flexibility index (Phi) is 19.6. The molecule has 21 heteroatoms. The molecule has 0 radical (unpaired) electrons. The number of benzene rings is 4. The molecule has 14 nitrogen and oxygen atoms in total. The van der Waals surface area contributed by atoms with Crippen molar-refractivity contribution in [2.45, 2.75) is 27.9 Å². The molecule has 0 unspecified atom stereocenters. The Morgan fingerprint density at radius 1 is 0.790 bits per heavy atom. The van der Waals surface area contributed by atoms with Crippen molar-refractivity contribution in [2.24, 2.45) is 5.84 Å². The van der Waals surface area contributed by atoms with Crippen LogP contribution in [0, 0.1) is 0 Å². The minimum absolute atomic E-state index is 0. The van der Waals surface area contributed by atoms with Crippen molar-refractivity contribution in [2.75, 3.05) is 39.5 Å².